The zero-order valence-electron chi connectivity index (χ0n) is 12.3. The highest BCUT2D eigenvalue weighted by atomic mass is 35.5. The first-order valence-electron chi connectivity index (χ1n) is 6.96. The van der Waals surface area contributed by atoms with Crippen molar-refractivity contribution in [2.24, 2.45) is 5.73 Å². The Kier molecular flexibility index (Phi) is 7.31. The molecule has 0 bridgehead atoms. The first-order valence-corrected chi connectivity index (χ1v) is 7.40. The fourth-order valence-electron chi connectivity index (χ4n) is 2.17. The van der Waals surface area contributed by atoms with E-state index in [1.807, 2.05) is 0 Å². The lowest BCUT2D eigenvalue weighted by Crippen LogP contribution is -2.32. The van der Waals surface area contributed by atoms with Gasteiger partial charge in [-0.2, -0.15) is 0 Å². The minimum atomic E-state index is -1.29. The van der Waals surface area contributed by atoms with E-state index in [2.05, 4.69) is 36.5 Å². The van der Waals surface area contributed by atoms with Crippen LogP contribution in [0.3, 0.4) is 0 Å². The summed E-state index contributed by atoms with van der Waals surface area (Å²) in [7, 11) is 0. The number of nitrogens with one attached hydrogen (secondary N) is 1. The summed E-state index contributed by atoms with van der Waals surface area (Å²) in [6.07, 6.45) is -0.532. The number of carbonyl (C=O) groups is 2. The molecule has 1 aromatic rings. The molecule has 0 saturated heterocycles. The molecule has 7 heteroatoms. The van der Waals surface area contributed by atoms with E-state index < -0.39 is 24.4 Å². The first kappa shape index (κ1) is 18.4. The summed E-state index contributed by atoms with van der Waals surface area (Å²) in [6, 6.07) is 7.18. The van der Waals surface area contributed by atoms with Gasteiger partial charge in [0.25, 0.3) is 0 Å². The van der Waals surface area contributed by atoms with E-state index in [1.54, 1.807) is 0 Å². The van der Waals surface area contributed by atoms with Gasteiger partial charge in [0.1, 0.15) is 6.04 Å². The third kappa shape index (κ3) is 5.63. The predicted octanol–water partition coefficient (Wildman–Crippen LogP) is 1.55. The molecular formula is C15H21ClN2O4. The summed E-state index contributed by atoms with van der Waals surface area (Å²) < 4.78 is 0. The van der Waals surface area contributed by atoms with Crippen molar-refractivity contribution in [2.75, 3.05) is 13.1 Å². The van der Waals surface area contributed by atoms with Gasteiger partial charge in [0.2, 0.25) is 0 Å². The Bertz CT molecular complexity index is 495. The topological polar surface area (TPSA) is 113 Å². The van der Waals surface area contributed by atoms with Crippen LogP contribution in [0.1, 0.15) is 35.8 Å². The second kappa shape index (κ2) is 8.73. The van der Waals surface area contributed by atoms with Crippen molar-refractivity contribution < 1.29 is 19.8 Å². The number of nitrogens with two attached hydrogens (primary N) is 1. The number of carboxylic acid groups (broad SMARTS) is 2. The van der Waals surface area contributed by atoms with Crippen LogP contribution >= 0.6 is 11.6 Å². The summed E-state index contributed by atoms with van der Waals surface area (Å²) in [5.74, 6) is -1.93. The van der Waals surface area contributed by atoms with Gasteiger partial charge in [0, 0.05) is 13.1 Å². The van der Waals surface area contributed by atoms with Crippen LogP contribution in [-0.2, 0) is 9.59 Å². The van der Waals surface area contributed by atoms with E-state index >= 15 is 0 Å². The average Bonchev–Trinajstić information content (AvgIpc) is 2.60. The molecule has 1 aliphatic heterocycles. The molecule has 0 aromatic heterocycles. The summed E-state index contributed by atoms with van der Waals surface area (Å²) in [4.78, 5) is 19.6. The van der Waals surface area contributed by atoms with E-state index in [0.717, 1.165) is 13.1 Å². The first-order chi connectivity index (χ1) is 10.3. The fraction of sp³-hybridized carbons (Fsp3) is 0.467. The van der Waals surface area contributed by atoms with Crippen LogP contribution in [0.25, 0.3) is 0 Å². The third-order valence-corrected chi connectivity index (χ3v) is 3.74. The maximum atomic E-state index is 9.85. The Morgan fingerprint density at radius 3 is 2.41 bits per heavy atom. The summed E-state index contributed by atoms with van der Waals surface area (Å²) in [5, 5.41) is 19.5. The van der Waals surface area contributed by atoms with Gasteiger partial charge in [-0.05, 0) is 17.0 Å². The van der Waals surface area contributed by atoms with Gasteiger partial charge in [-0.15, -0.1) is 11.6 Å². The zero-order valence-corrected chi connectivity index (χ0v) is 13.1. The fourth-order valence-corrected chi connectivity index (χ4v) is 2.47. The second-order valence-corrected chi connectivity index (χ2v) is 5.73. The maximum absolute atomic E-state index is 9.85. The SMILES string of the molecule is CC1CNCC(Cl)c2ccccc21.N[C@@H](CC(=O)O)C(=O)O. The van der Waals surface area contributed by atoms with Gasteiger partial charge >= 0.3 is 11.9 Å². The molecule has 0 fully saturated rings. The van der Waals surface area contributed by atoms with Crippen molar-refractivity contribution in [1.29, 1.82) is 0 Å². The van der Waals surface area contributed by atoms with E-state index in [9.17, 15) is 9.59 Å². The molecule has 2 rings (SSSR count). The molecule has 2 unspecified atom stereocenters. The lowest BCUT2D eigenvalue weighted by atomic mass is 9.95. The molecule has 122 valence electrons. The van der Waals surface area contributed by atoms with E-state index in [4.69, 9.17) is 27.5 Å². The van der Waals surface area contributed by atoms with Gasteiger partial charge in [-0.3, -0.25) is 9.59 Å². The van der Waals surface area contributed by atoms with Gasteiger partial charge in [-0.1, -0.05) is 31.2 Å². The molecule has 0 saturated carbocycles. The Morgan fingerprint density at radius 1 is 1.32 bits per heavy atom. The van der Waals surface area contributed by atoms with Crippen molar-refractivity contribution in [3.05, 3.63) is 35.4 Å². The number of rotatable bonds is 3. The lowest BCUT2D eigenvalue weighted by Gasteiger charge is -2.12. The number of carboxylic acids is 2. The molecule has 1 aromatic carbocycles. The van der Waals surface area contributed by atoms with Crippen LogP contribution < -0.4 is 11.1 Å². The van der Waals surface area contributed by atoms with Gasteiger partial charge < -0.3 is 21.3 Å². The number of benzene rings is 1. The smallest absolute Gasteiger partial charge is 0.321 e. The molecule has 0 aliphatic carbocycles. The van der Waals surface area contributed by atoms with Crippen LogP contribution in [-0.4, -0.2) is 41.3 Å². The quantitative estimate of drug-likeness (QED) is 0.626. The highest BCUT2D eigenvalue weighted by molar-refractivity contribution is 6.21. The molecule has 1 aliphatic rings. The predicted molar refractivity (Wildman–Crippen MR) is 84.2 cm³/mol. The van der Waals surface area contributed by atoms with Crippen LogP contribution in [0.5, 0.6) is 0 Å². The number of aliphatic carboxylic acids is 2. The number of halogens is 1. The minimum Gasteiger partial charge on any atom is -0.481 e. The maximum Gasteiger partial charge on any atom is 0.321 e. The molecule has 0 spiro atoms. The van der Waals surface area contributed by atoms with Crippen LogP contribution in [0, 0.1) is 0 Å². The molecule has 0 amide bonds. The lowest BCUT2D eigenvalue weighted by molar-refractivity contribution is -0.144. The number of alkyl halides is 1. The molecule has 6 nitrogen and oxygen atoms in total. The van der Waals surface area contributed by atoms with E-state index in [-0.39, 0.29) is 5.38 Å². The largest absolute Gasteiger partial charge is 0.481 e. The minimum absolute atomic E-state index is 0.126. The zero-order chi connectivity index (χ0) is 16.7. The molecule has 3 atom stereocenters. The monoisotopic (exact) mass is 328 g/mol. The van der Waals surface area contributed by atoms with Crippen LogP contribution in [0.4, 0.5) is 0 Å². The van der Waals surface area contributed by atoms with Crippen molar-refractivity contribution in [2.45, 2.75) is 30.7 Å². The van der Waals surface area contributed by atoms with Gasteiger partial charge in [0.05, 0.1) is 11.8 Å². The Labute approximate surface area is 134 Å². The van der Waals surface area contributed by atoms with Crippen molar-refractivity contribution >= 4 is 23.5 Å². The highest BCUT2D eigenvalue weighted by Crippen LogP contribution is 2.30. The molecule has 1 heterocycles. The van der Waals surface area contributed by atoms with Gasteiger partial charge in [-0.25, -0.2) is 0 Å². The number of fused-ring (bicyclic) bond motifs is 1. The number of hydrogen-bond acceptors (Lipinski definition) is 4. The van der Waals surface area contributed by atoms with Crippen molar-refractivity contribution in [3.63, 3.8) is 0 Å². The summed E-state index contributed by atoms with van der Waals surface area (Å²) >= 11 is 6.25. The standard InChI is InChI=1S/C11H14ClN.C4H7NO4/c1-8-6-13-7-11(12)10-5-3-2-4-9(8)10;5-2(4(8)9)1-3(6)7/h2-5,8,11,13H,6-7H2,1H3;2H,1,5H2,(H,6,7)(H,8,9)/t;2-/m.0/s1. The van der Waals surface area contributed by atoms with Crippen LogP contribution in [0.2, 0.25) is 0 Å². The van der Waals surface area contributed by atoms with Crippen molar-refractivity contribution in [3.8, 4) is 0 Å². The Morgan fingerprint density at radius 2 is 1.91 bits per heavy atom. The molecule has 0 radical (unpaired) electrons. The normalized spacial score (nSPS) is 21.6. The molecular weight excluding hydrogens is 308 g/mol. The Balaban J connectivity index is 0.000000239. The summed E-state index contributed by atoms with van der Waals surface area (Å²) in [5.41, 5.74) is 7.53. The molecule has 22 heavy (non-hydrogen) atoms. The highest BCUT2D eigenvalue weighted by Gasteiger charge is 2.19. The van der Waals surface area contributed by atoms with E-state index in [1.165, 1.54) is 11.1 Å². The van der Waals surface area contributed by atoms with Gasteiger partial charge in [0.15, 0.2) is 0 Å². The number of hydrogen-bond donors (Lipinski definition) is 4. The third-order valence-electron chi connectivity index (χ3n) is 3.35. The summed E-state index contributed by atoms with van der Waals surface area (Å²) in [6.45, 7) is 4.14. The van der Waals surface area contributed by atoms with E-state index in [0.29, 0.717) is 5.92 Å². The molecule has 5 N–H and O–H groups in total. The Hall–Kier alpha value is -1.63. The van der Waals surface area contributed by atoms with Crippen molar-refractivity contribution in [1.82, 2.24) is 5.32 Å². The van der Waals surface area contributed by atoms with Crippen LogP contribution in [0.15, 0.2) is 24.3 Å². The second-order valence-electron chi connectivity index (χ2n) is 5.20. The average molecular weight is 329 g/mol.